The first-order valence-corrected chi connectivity index (χ1v) is 9.65. The van der Waals surface area contributed by atoms with Gasteiger partial charge in [-0.25, -0.2) is 0 Å². The Kier molecular flexibility index (Phi) is 4.55. The van der Waals surface area contributed by atoms with Crippen molar-refractivity contribution in [2.75, 3.05) is 13.1 Å². The Balaban J connectivity index is 1.33. The second-order valence-corrected chi connectivity index (χ2v) is 7.84. The van der Waals surface area contributed by atoms with E-state index in [2.05, 4.69) is 46.5 Å². The minimum Gasteiger partial charge on any atom is -0.316 e. The highest BCUT2D eigenvalue weighted by Crippen LogP contribution is 2.35. The molecule has 4 rings (SSSR count). The summed E-state index contributed by atoms with van der Waals surface area (Å²) in [6, 6.07) is 11.5. The van der Waals surface area contributed by atoms with Crippen molar-refractivity contribution in [1.29, 1.82) is 0 Å². The van der Waals surface area contributed by atoms with Crippen LogP contribution in [0.2, 0.25) is 0 Å². The van der Waals surface area contributed by atoms with Crippen LogP contribution in [0.1, 0.15) is 43.1 Å². The Morgan fingerprint density at radius 3 is 2.50 bits per heavy atom. The molecule has 2 heterocycles. The van der Waals surface area contributed by atoms with Crippen LogP contribution in [0, 0.1) is 17.6 Å². The molecule has 1 saturated heterocycles. The Morgan fingerprint density at radius 1 is 1.12 bits per heavy atom. The highest BCUT2D eigenvalue weighted by Gasteiger charge is 2.28. The summed E-state index contributed by atoms with van der Waals surface area (Å²) < 4.78 is 5.25. The van der Waals surface area contributed by atoms with Gasteiger partial charge in [0.05, 0.1) is 13.1 Å². The molecule has 1 aromatic heterocycles. The summed E-state index contributed by atoms with van der Waals surface area (Å²) in [4.78, 5) is 1.62. The molecule has 4 nitrogen and oxygen atoms in total. The largest absolute Gasteiger partial charge is 0.316 e. The summed E-state index contributed by atoms with van der Waals surface area (Å²) in [7, 11) is 0. The molecule has 0 radical (unpaired) electrons. The Bertz CT molecular complexity index is 736. The van der Waals surface area contributed by atoms with Gasteiger partial charge in [0.25, 0.3) is 0 Å². The van der Waals surface area contributed by atoms with Crippen LogP contribution in [-0.4, -0.2) is 27.4 Å². The lowest BCUT2D eigenvalue weighted by atomic mass is 9.90. The van der Waals surface area contributed by atoms with Crippen LogP contribution in [0.3, 0.4) is 0 Å². The van der Waals surface area contributed by atoms with Gasteiger partial charge in [0.15, 0.2) is 6.67 Å². The Morgan fingerprint density at radius 2 is 1.83 bits per heavy atom. The summed E-state index contributed by atoms with van der Waals surface area (Å²) in [6.07, 6.45) is 6.36. The second-order valence-electron chi connectivity index (χ2n) is 7.47. The number of likely N-dealkylation sites (tertiary alicyclic amines) is 1. The van der Waals surface area contributed by atoms with E-state index in [0.717, 1.165) is 23.2 Å². The van der Waals surface area contributed by atoms with Crippen LogP contribution in [0.4, 0.5) is 0 Å². The van der Waals surface area contributed by atoms with Crippen molar-refractivity contribution in [1.82, 2.24) is 14.3 Å². The Labute approximate surface area is 149 Å². The summed E-state index contributed by atoms with van der Waals surface area (Å²) in [6.45, 7) is 5.48. The first-order valence-electron chi connectivity index (χ1n) is 9.24. The van der Waals surface area contributed by atoms with E-state index in [4.69, 9.17) is 17.3 Å². The fraction of sp³-hybridized carbons (Fsp3) is 0.579. The molecule has 1 aromatic carbocycles. The zero-order valence-corrected chi connectivity index (χ0v) is 15.3. The second kappa shape index (κ2) is 6.81. The molecule has 2 fully saturated rings. The average Bonchev–Trinajstić information content (AvgIpc) is 3.38. The maximum absolute atomic E-state index is 5.66. The SMILES string of the molecule is Cc1nn(C[NH+]2CCC(Cc3ccccc3)CC2)c(=S)n1C1CC1. The first-order chi connectivity index (χ1) is 11.7. The van der Waals surface area contributed by atoms with Gasteiger partial charge in [-0.1, -0.05) is 30.3 Å². The number of nitrogens with one attached hydrogen (secondary N) is 1. The third kappa shape index (κ3) is 3.47. The number of nitrogens with zero attached hydrogens (tertiary/aromatic N) is 3. The zero-order chi connectivity index (χ0) is 16.5. The van der Waals surface area contributed by atoms with Gasteiger partial charge < -0.3 is 9.47 Å². The molecule has 2 aliphatic rings. The lowest BCUT2D eigenvalue weighted by molar-refractivity contribution is -0.929. The van der Waals surface area contributed by atoms with Crippen molar-refractivity contribution in [2.45, 2.75) is 51.7 Å². The molecular formula is C19H27N4S+. The smallest absolute Gasteiger partial charge is 0.203 e. The molecule has 1 aliphatic carbocycles. The molecule has 24 heavy (non-hydrogen) atoms. The van der Waals surface area contributed by atoms with Gasteiger partial charge >= 0.3 is 0 Å². The normalized spacial score (nSPS) is 24.2. The van der Waals surface area contributed by atoms with Gasteiger partial charge in [-0.2, -0.15) is 9.78 Å². The van der Waals surface area contributed by atoms with E-state index in [1.54, 1.807) is 4.90 Å². The first kappa shape index (κ1) is 16.0. The molecule has 0 atom stereocenters. The van der Waals surface area contributed by atoms with Gasteiger partial charge in [-0.3, -0.25) is 0 Å². The molecule has 2 aromatic rings. The van der Waals surface area contributed by atoms with Crippen molar-refractivity contribution in [2.24, 2.45) is 5.92 Å². The third-order valence-electron chi connectivity index (χ3n) is 5.51. The van der Waals surface area contributed by atoms with Crippen LogP contribution >= 0.6 is 12.2 Å². The lowest BCUT2D eigenvalue weighted by Crippen LogP contribution is -3.12. The number of rotatable bonds is 5. The molecule has 1 saturated carbocycles. The minimum absolute atomic E-state index is 0.623. The van der Waals surface area contributed by atoms with Gasteiger partial charge in [-0.05, 0) is 62.7 Å². The maximum Gasteiger partial charge on any atom is 0.203 e. The summed E-state index contributed by atoms with van der Waals surface area (Å²) in [5.74, 6) is 1.91. The monoisotopic (exact) mass is 343 g/mol. The number of hydrogen-bond acceptors (Lipinski definition) is 2. The van der Waals surface area contributed by atoms with Crippen molar-refractivity contribution in [3.63, 3.8) is 0 Å². The standard InChI is InChI=1S/C19H26N4S/c1-15-20-22(19(24)23(15)18-7-8-18)14-21-11-9-17(10-12-21)13-16-5-3-2-4-6-16/h2-6,17-18H,7-14H2,1H3/p+1. The Hall–Kier alpha value is -1.46. The lowest BCUT2D eigenvalue weighted by Gasteiger charge is -2.29. The molecule has 0 spiro atoms. The van der Waals surface area contributed by atoms with Gasteiger partial charge in [0, 0.05) is 6.04 Å². The number of benzene rings is 1. The number of aromatic nitrogens is 3. The predicted octanol–water partition coefficient (Wildman–Crippen LogP) is 2.55. The maximum atomic E-state index is 5.66. The summed E-state index contributed by atoms with van der Waals surface area (Å²) >= 11 is 5.66. The fourth-order valence-corrected chi connectivity index (χ4v) is 4.38. The van der Waals surface area contributed by atoms with Gasteiger partial charge in [0.1, 0.15) is 5.82 Å². The highest BCUT2D eigenvalue weighted by atomic mass is 32.1. The van der Waals surface area contributed by atoms with Crippen molar-refractivity contribution in [3.8, 4) is 0 Å². The summed E-state index contributed by atoms with van der Waals surface area (Å²) in [5.41, 5.74) is 1.48. The van der Waals surface area contributed by atoms with Crippen LogP contribution in [0.5, 0.6) is 0 Å². The fourth-order valence-electron chi connectivity index (χ4n) is 3.99. The quantitative estimate of drug-likeness (QED) is 0.845. The van der Waals surface area contributed by atoms with Crippen molar-refractivity contribution >= 4 is 12.2 Å². The third-order valence-corrected chi connectivity index (χ3v) is 5.91. The molecule has 128 valence electrons. The van der Waals surface area contributed by atoms with E-state index in [1.165, 1.54) is 50.8 Å². The predicted molar refractivity (Wildman–Crippen MR) is 97.6 cm³/mol. The van der Waals surface area contributed by atoms with E-state index >= 15 is 0 Å². The van der Waals surface area contributed by atoms with Crippen LogP contribution in [-0.2, 0) is 13.1 Å². The van der Waals surface area contributed by atoms with Crippen LogP contribution in [0.25, 0.3) is 0 Å². The molecular weight excluding hydrogens is 316 g/mol. The number of aryl methyl sites for hydroxylation is 1. The molecule has 0 amide bonds. The molecule has 0 bridgehead atoms. The molecule has 1 aliphatic heterocycles. The van der Waals surface area contributed by atoms with Gasteiger partial charge in [-0.15, -0.1) is 0 Å². The molecule has 0 unspecified atom stereocenters. The van der Waals surface area contributed by atoms with E-state index in [1.807, 2.05) is 0 Å². The topological polar surface area (TPSA) is 27.2 Å². The van der Waals surface area contributed by atoms with E-state index < -0.39 is 0 Å². The molecule has 1 N–H and O–H groups in total. The van der Waals surface area contributed by atoms with E-state index in [0.29, 0.717) is 6.04 Å². The number of quaternary nitrogens is 1. The van der Waals surface area contributed by atoms with Crippen LogP contribution in [0.15, 0.2) is 30.3 Å². The minimum atomic E-state index is 0.623. The van der Waals surface area contributed by atoms with Crippen molar-refractivity contribution in [3.05, 3.63) is 46.5 Å². The summed E-state index contributed by atoms with van der Waals surface area (Å²) in [5, 5.41) is 4.71. The van der Waals surface area contributed by atoms with Gasteiger partial charge in [0.2, 0.25) is 4.77 Å². The average molecular weight is 344 g/mol. The number of piperidine rings is 1. The van der Waals surface area contributed by atoms with E-state index in [-0.39, 0.29) is 0 Å². The van der Waals surface area contributed by atoms with Crippen LogP contribution < -0.4 is 4.90 Å². The highest BCUT2D eigenvalue weighted by molar-refractivity contribution is 7.71. The number of hydrogen-bond donors (Lipinski definition) is 1. The van der Waals surface area contributed by atoms with E-state index in [9.17, 15) is 0 Å². The zero-order valence-electron chi connectivity index (χ0n) is 14.4. The van der Waals surface area contributed by atoms with Crippen molar-refractivity contribution < 1.29 is 4.90 Å². The molecule has 5 heteroatoms.